The van der Waals surface area contributed by atoms with Gasteiger partial charge in [-0.1, -0.05) is 109 Å². The third-order valence-corrected chi connectivity index (χ3v) is 9.76. The lowest BCUT2D eigenvalue weighted by Crippen LogP contribution is -2.48. The van der Waals surface area contributed by atoms with Crippen molar-refractivity contribution in [1.82, 2.24) is 0 Å². The van der Waals surface area contributed by atoms with Crippen LogP contribution in [0.4, 0.5) is 0 Å². The van der Waals surface area contributed by atoms with Crippen molar-refractivity contribution in [3.05, 3.63) is 143 Å². The monoisotopic (exact) mass is 432 g/mol. The van der Waals surface area contributed by atoms with Gasteiger partial charge in [-0.3, -0.25) is 0 Å². The molecule has 1 spiro atoms. The fourth-order valence-corrected chi connectivity index (χ4v) is 8.77. The number of hydrogen-bond acceptors (Lipinski definition) is 0. The highest BCUT2D eigenvalue weighted by atomic mass is 14.7. The molecule has 5 aromatic carbocycles. The van der Waals surface area contributed by atoms with E-state index in [0.29, 0.717) is 17.8 Å². The van der Waals surface area contributed by atoms with E-state index in [1.807, 2.05) is 0 Å². The third kappa shape index (κ3) is 1.81. The first-order chi connectivity index (χ1) is 16.9. The van der Waals surface area contributed by atoms with Crippen LogP contribution >= 0.6 is 0 Å². The predicted octanol–water partition coefficient (Wildman–Crippen LogP) is 7.84. The SMILES string of the molecule is c1ccc2c(c1)-c1ccccc1C21c2ccccc2[C@@H]2[C@@H]3Cc4cc5ccccc5cc4C3[C@@H]21. The van der Waals surface area contributed by atoms with E-state index in [2.05, 4.69) is 109 Å². The van der Waals surface area contributed by atoms with E-state index >= 15 is 0 Å². The lowest BCUT2D eigenvalue weighted by Gasteiger charge is -2.53. The average Bonchev–Trinajstić information content (AvgIpc) is 3.44. The van der Waals surface area contributed by atoms with Crippen LogP contribution in [0.5, 0.6) is 0 Å². The molecule has 0 heteroatoms. The first kappa shape index (κ1) is 17.8. The summed E-state index contributed by atoms with van der Waals surface area (Å²) in [5.74, 6) is 2.56. The van der Waals surface area contributed by atoms with Gasteiger partial charge in [0.05, 0.1) is 5.41 Å². The quantitative estimate of drug-likeness (QED) is 0.234. The molecule has 0 aliphatic heterocycles. The second kappa shape index (κ2) is 5.88. The summed E-state index contributed by atoms with van der Waals surface area (Å²) in [5, 5.41) is 2.78. The van der Waals surface area contributed by atoms with Crippen LogP contribution in [0.15, 0.2) is 109 Å². The minimum absolute atomic E-state index is 0.0388. The Labute approximate surface area is 199 Å². The molecule has 34 heavy (non-hydrogen) atoms. The van der Waals surface area contributed by atoms with Gasteiger partial charge in [0.1, 0.15) is 0 Å². The van der Waals surface area contributed by atoms with Crippen LogP contribution in [0, 0.1) is 11.8 Å². The van der Waals surface area contributed by atoms with Crippen molar-refractivity contribution < 1.29 is 0 Å². The smallest absolute Gasteiger partial charge is 0.0506 e. The minimum Gasteiger partial charge on any atom is -0.0620 e. The molecule has 0 aromatic heterocycles. The summed E-state index contributed by atoms with van der Waals surface area (Å²) in [6.07, 6.45) is 1.22. The van der Waals surface area contributed by atoms with Gasteiger partial charge in [0.2, 0.25) is 0 Å². The van der Waals surface area contributed by atoms with Gasteiger partial charge in [-0.05, 0) is 85.4 Å². The van der Waals surface area contributed by atoms with E-state index in [1.54, 1.807) is 22.3 Å². The van der Waals surface area contributed by atoms with Crippen molar-refractivity contribution in [2.24, 2.45) is 11.8 Å². The molecule has 160 valence electrons. The molecule has 0 nitrogen and oxygen atoms in total. The summed E-state index contributed by atoms with van der Waals surface area (Å²) >= 11 is 0. The van der Waals surface area contributed by atoms with Crippen LogP contribution in [-0.4, -0.2) is 0 Å². The second-order valence-corrected chi connectivity index (χ2v) is 10.8. The van der Waals surface area contributed by atoms with E-state index in [0.717, 1.165) is 5.92 Å². The second-order valence-electron chi connectivity index (χ2n) is 10.8. The molecule has 0 amide bonds. The van der Waals surface area contributed by atoms with Gasteiger partial charge in [0, 0.05) is 0 Å². The van der Waals surface area contributed by atoms with Crippen LogP contribution in [0.2, 0.25) is 0 Å². The fourth-order valence-electron chi connectivity index (χ4n) is 8.77. The Kier molecular flexibility index (Phi) is 3.08. The zero-order valence-corrected chi connectivity index (χ0v) is 18.9. The van der Waals surface area contributed by atoms with Gasteiger partial charge >= 0.3 is 0 Å². The number of hydrogen-bond donors (Lipinski definition) is 0. The van der Waals surface area contributed by atoms with Crippen LogP contribution in [0.1, 0.15) is 45.2 Å². The Morgan fingerprint density at radius 2 is 1.09 bits per heavy atom. The first-order valence-electron chi connectivity index (χ1n) is 12.7. The zero-order chi connectivity index (χ0) is 22.0. The first-order valence-corrected chi connectivity index (χ1v) is 12.7. The largest absolute Gasteiger partial charge is 0.0620 e. The van der Waals surface area contributed by atoms with Crippen LogP contribution in [-0.2, 0) is 11.8 Å². The van der Waals surface area contributed by atoms with Gasteiger partial charge in [-0.15, -0.1) is 0 Å². The molecule has 1 fully saturated rings. The molecular weight excluding hydrogens is 408 g/mol. The van der Waals surface area contributed by atoms with Crippen molar-refractivity contribution >= 4 is 10.8 Å². The molecule has 4 aliphatic carbocycles. The molecule has 4 atom stereocenters. The molecule has 1 saturated carbocycles. The van der Waals surface area contributed by atoms with E-state index < -0.39 is 0 Å². The highest BCUT2D eigenvalue weighted by Crippen LogP contribution is 2.77. The molecular formula is C34H24. The van der Waals surface area contributed by atoms with Gasteiger partial charge in [0.25, 0.3) is 0 Å². The highest BCUT2D eigenvalue weighted by Gasteiger charge is 2.69. The van der Waals surface area contributed by atoms with Gasteiger partial charge in [0.15, 0.2) is 0 Å². The molecule has 5 aromatic rings. The summed E-state index contributed by atoms with van der Waals surface area (Å²) in [4.78, 5) is 0. The molecule has 0 radical (unpaired) electrons. The highest BCUT2D eigenvalue weighted by molar-refractivity contribution is 5.87. The van der Waals surface area contributed by atoms with Crippen LogP contribution < -0.4 is 0 Å². The summed E-state index contributed by atoms with van der Waals surface area (Å²) < 4.78 is 0. The van der Waals surface area contributed by atoms with Crippen molar-refractivity contribution in [3.63, 3.8) is 0 Å². The van der Waals surface area contributed by atoms with Gasteiger partial charge in [-0.25, -0.2) is 0 Å². The molecule has 0 heterocycles. The summed E-state index contributed by atoms with van der Waals surface area (Å²) in [5.41, 5.74) is 12.3. The van der Waals surface area contributed by atoms with Crippen LogP contribution in [0.3, 0.4) is 0 Å². The molecule has 9 rings (SSSR count). The molecule has 1 unspecified atom stereocenters. The lowest BCUT2D eigenvalue weighted by atomic mass is 9.49. The Morgan fingerprint density at radius 3 is 1.82 bits per heavy atom. The van der Waals surface area contributed by atoms with Gasteiger partial charge < -0.3 is 0 Å². The van der Waals surface area contributed by atoms with E-state index in [1.165, 1.54) is 39.4 Å². The Morgan fingerprint density at radius 1 is 0.529 bits per heavy atom. The fraction of sp³-hybridized carbons (Fsp3) is 0.176. The average molecular weight is 433 g/mol. The van der Waals surface area contributed by atoms with E-state index in [-0.39, 0.29) is 5.41 Å². The molecule has 0 N–H and O–H groups in total. The Hall–Kier alpha value is -3.64. The topological polar surface area (TPSA) is 0 Å². The van der Waals surface area contributed by atoms with Crippen LogP contribution in [0.25, 0.3) is 21.9 Å². The van der Waals surface area contributed by atoms with Crippen molar-refractivity contribution in [1.29, 1.82) is 0 Å². The molecule has 0 saturated heterocycles. The maximum absolute atomic E-state index is 2.54. The van der Waals surface area contributed by atoms with E-state index in [4.69, 9.17) is 0 Å². The maximum atomic E-state index is 2.54. The summed E-state index contributed by atoms with van der Waals surface area (Å²) in [6, 6.07) is 41.9. The van der Waals surface area contributed by atoms with Crippen molar-refractivity contribution in [3.8, 4) is 11.1 Å². The minimum atomic E-state index is -0.0388. The van der Waals surface area contributed by atoms with Crippen molar-refractivity contribution in [2.45, 2.75) is 23.7 Å². The number of rotatable bonds is 0. The third-order valence-electron chi connectivity index (χ3n) is 9.76. The Bertz CT molecular complexity index is 1630. The Balaban J connectivity index is 1.37. The van der Waals surface area contributed by atoms with Gasteiger partial charge in [-0.2, -0.15) is 0 Å². The lowest BCUT2D eigenvalue weighted by molar-refractivity contribution is 0.0895. The number of fused-ring (bicyclic) bond motifs is 16. The van der Waals surface area contributed by atoms with E-state index in [9.17, 15) is 0 Å². The summed E-state index contributed by atoms with van der Waals surface area (Å²) in [6.45, 7) is 0. The molecule has 0 bridgehead atoms. The number of benzene rings is 5. The maximum Gasteiger partial charge on any atom is 0.0506 e. The standard InChI is InChI=1S/C34H24/c1-2-10-21-18-26-22(17-20(21)9-1)19-27-31-25-13-5-8-16-30(25)34(33(31)32(26)27)28-14-6-3-11-23(28)24-12-4-7-15-29(24)34/h1-18,27,31-33H,19H2/t27-,31+,32?,33+/m0/s1. The zero-order valence-electron chi connectivity index (χ0n) is 18.9. The van der Waals surface area contributed by atoms with Crippen molar-refractivity contribution in [2.75, 3.05) is 0 Å². The summed E-state index contributed by atoms with van der Waals surface area (Å²) in [7, 11) is 0. The normalized spacial score (nSPS) is 25.8. The molecule has 4 aliphatic rings. The predicted molar refractivity (Wildman–Crippen MR) is 138 cm³/mol.